The SMILES string of the molecule is Cc1ccc(-c2noc(C(C)(C)CN)n2)cc1F. The van der Waals surface area contributed by atoms with E-state index < -0.39 is 0 Å². The van der Waals surface area contributed by atoms with E-state index in [1.165, 1.54) is 6.07 Å². The van der Waals surface area contributed by atoms with E-state index in [0.29, 0.717) is 29.4 Å². The lowest BCUT2D eigenvalue weighted by Gasteiger charge is -2.15. The topological polar surface area (TPSA) is 64.9 Å². The van der Waals surface area contributed by atoms with Crippen LogP contribution in [0.3, 0.4) is 0 Å². The molecule has 5 heteroatoms. The van der Waals surface area contributed by atoms with Gasteiger partial charge in [-0.1, -0.05) is 17.3 Å². The van der Waals surface area contributed by atoms with E-state index in [2.05, 4.69) is 10.1 Å². The van der Waals surface area contributed by atoms with Crippen LogP contribution < -0.4 is 5.73 Å². The molecule has 1 heterocycles. The first-order chi connectivity index (χ1) is 8.44. The number of hydrogen-bond acceptors (Lipinski definition) is 4. The number of aromatic nitrogens is 2. The molecule has 1 aromatic heterocycles. The number of rotatable bonds is 3. The molecule has 2 rings (SSSR count). The average molecular weight is 249 g/mol. The third kappa shape index (κ3) is 2.26. The first kappa shape index (κ1) is 12.7. The van der Waals surface area contributed by atoms with E-state index in [-0.39, 0.29) is 11.2 Å². The van der Waals surface area contributed by atoms with Crippen molar-refractivity contribution in [2.24, 2.45) is 5.73 Å². The van der Waals surface area contributed by atoms with Gasteiger partial charge in [0.25, 0.3) is 0 Å². The average Bonchev–Trinajstić information content (AvgIpc) is 2.83. The fourth-order valence-corrected chi connectivity index (χ4v) is 1.43. The van der Waals surface area contributed by atoms with Gasteiger partial charge in [-0.3, -0.25) is 0 Å². The van der Waals surface area contributed by atoms with Gasteiger partial charge < -0.3 is 10.3 Å². The molecule has 4 nitrogen and oxygen atoms in total. The van der Waals surface area contributed by atoms with Crippen LogP contribution in [0, 0.1) is 12.7 Å². The van der Waals surface area contributed by atoms with Crippen LogP contribution in [-0.4, -0.2) is 16.7 Å². The summed E-state index contributed by atoms with van der Waals surface area (Å²) < 4.78 is 18.6. The zero-order valence-corrected chi connectivity index (χ0v) is 10.7. The summed E-state index contributed by atoms with van der Waals surface area (Å²) >= 11 is 0. The Labute approximate surface area is 105 Å². The Kier molecular flexibility index (Phi) is 3.17. The summed E-state index contributed by atoms with van der Waals surface area (Å²) in [6.07, 6.45) is 0. The number of halogens is 1. The smallest absolute Gasteiger partial charge is 0.233 e. The van der Waals surface area contributed by atoms with E-state index in [1.807, 2.05) is 13.8 Å². The Hall–Kier alpha value is -1.75. The molecule has 0 amide bonds. The van der Waals surface area contributed by atoms with Crippen molar-refractivity contribution in [1.29, 1.82) is 0 Å². The molecule has 0 aliphatic carbocycles. The summed E-state index contributed by atoms with van der Waals surface area (Å²) in [5.41, 5.74) is 6.45. The van der Waals surface area contributed by atoms with Gasteiger partial charge in [0.2, 0.25) is 11.7 Å². The lowest BCUT2D eigenvalue weighted by atomic mass is 9.94. The van der Waals surface area contributed by atoms with E-state index in [4.69, 9.17) is 10.3 Å². The molecule has 0 fully saturated rings. The van der Waals surface area contributed by atoms with Crippen LogP contribution in [0.4, 0.5) is 4.39 Å². The second-order valence-corrected chi connectivity index (χ2v) is 4.98. The van der Waals surface area contributed by atoms with Gasteiger partial charge >= 0.3 is 0 Å². The number of nitrogens with two attached hydrogens (primary N) is 1. The molecular weight excluding hydrogens is 233 g/mol. The van der Waals surface area contributed by atoms with Crippen molar-refractivity contribution < 1.29 is 8.91 Å². The maximum Gasteiger partial charge on any atom is 0.233 e. The minimum atomic E-state index is -0.380. The highest BCUT2D eigenvalue weighted by Gasteiger charge is 2.26. The third-order valence-electron chi connectivity index (χ3n) is 2.95. The maximum atomic E-state index is 13.5. The molecule has 0 unspecified atom stereocenters. The predicted molar refractivity (Wildman–Crippen MR) is 66.5 cm³/mol. The van der Waals surface area contributed by atoms with Crippen molar-refractivity contribution in [2.75, 3.05) is 6.54 Å². The quantitative estimate of drug-likeness (QED) is 0.907. The van der Waals surface area contributed by atoms with Crippen molar-refractivity contribution >= 4 is 0 Å². The summed E-state index contributed by atoms with van der Waals surface area (Å²) in [4.78, 5) is 4.27. The van der Waals surface area contributed by atoms with Gasteiger partial charge in [-0.2, -0.15) is 4.98 Å². The van der Waals surface area contributed by atoms with Gasteiger partial charge in [0, 0.05) is 12.1 Å². The lowest BCUT2D eigenvalue weighted by molar-refractivity contribution is 0.311. The lowest BCUT2D eigenvalue weighted by Crippen LogP contribution is -2.28. The monoisotopic (exact) mass is 249 g/mol. The molecule has 2 aromatic rings. The van der Waals surface area contributed by atoms with Crippen molar-refractivity contribution in [3.05, 3.63) is 35.5 Å². The van der Waals surface area contributed by atoms with Crippen molar-refractivity contribution in [1.82, 2.24) is 10.1 Å². The maximum absolute atomic E-state index is 13.5. The number of hydrogen-bond donors (Lipinski definition) is 1. The van der Waals surface area contributed by atoms with Gasteiger partial charge in [0.1, 0.15) is 5.82 Å². The van der Waals surface area contributed by atoms with Crippen LogP contribution in [-0.2, 0) is 5.41 Å². The van der Waals surface area contributed by atoms with Crippen LogP contribution >= 0.6 is 0 Å². The van der Waals surface area contributed by atoms with Gasteiger partial charge in [-0.25, -0.2) is 4.39 Å². The normalized spacial score (nSPS) is 11.8. The van der Waals surface area contributed by atoms with Crippen molar-refractivity contribution in [3.8, 4) is 11.4 Å². The Balaban J connectivity index is 2.38. The molecule has 96 valence electrons. The van der Waals surface area contributed by atoms with Crippen LogP contribution in [0.1, 0.15) is 25.3 Å². The van der Waals surface area contributed by atoms with Gasteiger partial charge in [-0.05, 0) is 32.4 Å². The van der Waals surface area contributed by atoms with Crippen LogP contribution in [0.25, 0.3) is 11.4 Å². The molecule has 0 saturated carbocycles. The van der Waals surface area contributed by atoms with Crippen molar-refractivity contribution in [3.63, 3.8) is 0 Å². The highest BCUT2D eigenvalue weighted by Crippen LogP contribution is 2.24. The summed E-state index contributed by atoms with van der Waals surface area (Å²) in [5.74, 6) is 0.559. The molecule has 0 radical (unpaired) electrons. The minimum Gasteiger partial charge on any atom is -0.338 e. The molecular formula is C13H16FN3O. The zero-order valence-electron chi connectivity index (χ0n) is 10.7. The van der Waals surface area contributed by atoms with E-state index in [0.717, 1.165) is 0 Å². The molecule has 0 aliphatic rings. The summed E-state index contributed by atoms with van der Waals surface area (Å²) in [6, 6.07) is 4.86. The van der Waals surface area contributed by atoms with Crippen molar-refractivity contribution in [2.45, 2.75) is 26.2 Å². The summed E-state index contributed by atoms with van der Waals surface area (Å²) in [5, 5.41) is 3.86. The van der Waals surface area contributed by atoms with Crippen LogP contribution in [0.15, 0.2) is 22.7 Å². The van der Waals surface area contributed by atoms with Gasteiger partial charge in [-0.15, -0.1) is 0 Å². The first-order valence-corrected chi connectivity index (χ1v) is 5.75. The molecule has 0 spiro atoms. The van der Waals surface area contributed by atoms with Crippen LogP contribution in [0.2, 0.25) is 0 Å². The molecule has 18 heavy (non-hydrogen) atoms. The Bertz CT molecular complexity index is 563. The molecule has 1 aromatic carbocycles. The Morgan fingerprint density at radius 3 is 2.72 bits per heavy atom. The standard InChI is InChI=1S/C13H16FN3O/c1-8-4-5-9(6-10(8)14)11-16-12(18-17-11)13(2,3)7-15/h4-6H,7,15H2,1-3H3. The number of benzene rings is 1. The predicted octanol–water partition coefficient (Wildman–Crippen LogP) is 2.42. The third-order valence-corrected chi connectivity index (χ3v) is 2.95. The molecule has 0 atom stereocenters. The highest BCUT2D eigenvalue weighted by atomic mass is 19.1. The molecule has 0 bridgehead atoms. The fraction of sp³-hybridized carbons (Fsp3) is 0.385. The van der Waals surface area contributed by atoms with Gasteiger partial charge in [0.15, 0.2) is 0 Å². The fourth-order valence-electron chi connectivity index (χ4n) is 1.43. The highest BCUT2D eigenvalue weighted by molar-refractivity contribution is 5.55. The largest absolute Gasteiger partial charge is 0.338 e. The zero-order chi connectivity index (χ0) is 13.3. The number of nitrogens with zero attached hydrogens (tertiary/aromatic N) is 2. The van der Waals surface area contributed by atoms with Gasteiger partial charge in [0.05, 0.1) is 5.41 Å². The second-order valence-electron chi connectivity index (χ2n) is 4.98. The molecule has 0 aliphatic heterocycles. The Morgan fingerprint density at radius 1 is 1.39 bits per heavy atom. The molecule has 2 N–H and O–H groups in total. The van der Waals surface area contributed by atoms with E-state index in [1.54, 1.807) is 19.1 Å². The second kappa shape index (κ2) is 4.49. The minimum absolute atomic E-state index is 0.281. The van der Waals surface area contributed by atoms with Crippen LogP contribution in [0.5, 0.6) is 0 Å². The van der Waals surface area contributed by atoms with E-state index in [9.17, 15) is 4.39 Å². The summed E-state index contributed by atoms with van der Waals surface area (Å²) in [6.45, 7) is 5.94. The number of aryl methyl sites for hydroxylation is 1. The summed E-state index contributed by atoms with van der Waals surface area (Å²) in [7, 11) is 0. The first-order valence-electron chi connectivity index (χ1n) is 5.75. The van der Waals surface area contributed by atoms with E-state index >= 15 is 0 Å². The molecule has 0 saturated heterocycles. The Morgan fingerprint density at radius 2 is 2.11 bits per heavy atom.